The molecule has 3 heteroatoms. The Morgan fingerprint density at radius 1 is 1.23 bits per heavy atom. The van der Waals surface area contributed by atoms with Gasteiger partial charge in [0.15, 0.2) is 0 Å². The molecule has 0 saturated carbocycles. The molecule has 1 rings (SSSR count). The van der Waals surface area contributed by atoms with E-state index in [4.69, 9.17) is 11.6 Å². The molecule has 0 aliphatic carbocycles. The number of hydrogen-bond donors (Lipinski definition) is 0. The highest BCUT2D eigenvalue weighted by molar-refractivity contribution is 6.30. The summed E-state index contributed by atoms with van der Waals surface area (Å²) in [7, 11) is 0. The van der Waals surface area contributed by atoms with Gasteiger partial charge in [-0.2, -0.15) is 0 Å². The minimum atomic E-state index is -0.663. The molecule has 13 heavy (non-hydrogen) atoms. The molecule has 0 saturated heterocycles. The molecule has 0 heterocycles. The lowest BCUT2D eigenvalue weighted by Crippen LogP contribution is -1.99. The highest BCUT2D eigenvalue weighted by atomic mass is 35.5. The molecule has 1 aromatic rings. The summed E-state index contributed by atoms with van der Waals surface area (Å²) in [4.78, 5) is 0. The average molecular weight is 205 g/mol. The first-order valence-corrected chi connectivity index (χ1v) is 4.47. The van der Waals surface area contributed by atoms with Crippen LogP contribution in [0.5, 0.6) is 0 Å². The van der Waals surface area contributed by atoms with Gasteiger partial charge in [-0.1, -0.05) is 25.4 Å². The summed E-state index contributed by atoms with van der Waals surface area (Å²) < 4.78 is 26.5. The Morgan fingerprint density at radius 3 is 2.23 bits per heavy atom. The molecule has 0 bridgehead atoms. The number of halogens is 3. The fourth-order valence-corrected chi connectivity index (χ4v) is 1.43. The lowest BCUT2D eigenvalue weighted by Gasteiger charge is -2.10. The van der Waals surface area contributed by atoms with Crippen LogP contribution in [-0.2, 0) is 0 Å². The first kappa shape index (κ1) is 10.5. The van der Waals surface area contributed by atoms with Gasteiger partial charge in [0.05, 0.1) is 5.02 Å². The Morgan fingerprint density at radius 2 is 1.77 bits per heavy atom. The third-order valence-electron chi connectivity index (χ3n) is 2.03. The molecule has 0 atom stereocenters. The van der Waals surface area contributed by atoms with Gasteiger partial charge in [-0.3, -0.25) is 0 Å². The van der Waals surface area contributed by atoms with E-state index in [1.54, 1.807) is 0 Å². The van der Waals surface area contributed by atoms with E-state index in [2.05, 4.69) is 0 Å². The Bertz CT molecular complexity index is 332. The molecular weight excluding hydrogens is 194 g/mol. The van der Waals surface area contributed by atoms with Crippen LogP contribution in [0.1, 0.15) is 30.9 Å². The standard InChI is InChI=1S/C10H11ClF2/c1-5(2)7-4-8(11)10(13)6(3)9(7)12/h4-5H,1-3H3. The topological polar surface area (TPSA) is 0 Å². The van der Waals surface area contributed by atoms with Crippen molar-refractivity contribution in [1.82, 2.24) is 0 Å². The van der Waals surface area contributed by atoms with Gasteiger partial charge in [0.1, 0.15) is 11.6 Å². The van der Waals surface area contributed by atoms with Gasteiger partial charge >= 0.3 is 0 Å². The van der Waals surface area contributed by atoms with Crippen LogP contribution in [-0.4, -0.2) is 0 Å². The molecule has 0 aromatic heterocycles. The zero-order chi connectivity index (χ0) is 10.2. The molecule has 72 valence electrons. The summed E-state index contributed by atoms with van der Waals surface area (Å²) in [6.07, 6.45) is 0. The molecule has 0 unspecified atom stereocenters. The van der Waals surface area contributed by atoms with Crippen molar-refractivity contribution in [3.8, 4) is 0 Å². The summed E-state index contributed by atoms with van der Waals surface area (Å²) in [6, 6.07) is 1.35. The maximum Gasteiger partial charge on any atom is 0.147 e. The molecule has 0 fully saturated rings. The van der Waals surface area contributed by atoms with Gasteiger partial charge in [0.25, 0.3) is 0 Å². The highest BCUT2D eigenvalue weighted by Gasteiger charge is 2.15. The molecule has 0 aliphatic heterocycles. The predicted molar refractivity (Wildman–Crippen MR) is 50.2 cm³/mol. The van der Waals surface area contributed by atoms with E-state index in [-0.39, 0.29) is 16.5 Å². The molecule has 0 amide bonds. The van der Waals surface area contributed by atoms with E-state index in [9.17, 15) is 8.78 Å². The Hall–Kier alpha value is -0.630. The van der Waals surface area contributed by atoms with Crippen LogP contribution in [0.2, 0.25) is 5.02 Å². The van der Waals surface area contributed by atoms with E-state index < -0.39 is 11.6 Å². The molecule has 0 N–H and O–H groups in total. The Balaban J connectivity index is 3.41. The van der Waals surface area contributed by atoms with E-state index in [0.717, 1.165) is 0 Å². The largest absolute Gasteiger partial charge is 0.206 e. The quantitative estimate of drug-likeness (QED) is 0.606. The summed E-state index contributed by atoms with van der Waals surface area (Å²) in [6.45, 7) is 5.07. The lowest BCUT2D eigenvalue weighted by molar-refractivity contribution is 0.551. The summed E-state index contributed by atoms with van der Waals surface area (Å²) in [5.41, 5.74) is 0.458. The van der Waals surface area contributed by atoms with Crippen molar-refractivity contribution in [2.45, 2.75) is 26.7 Å². The molecule has 1 aromatic carbocycles. The number of benzene rings is 1. The van der Waals surface area contributed by atoms with Crippen LogP contribution in [0.15, 0.2) is 6.07 Å². The number of hydrogen-bond acceptors (Lipinski definition) is 0. The van der Waals surface area contributed by atoms with E-state index in [0.29, 0.717) is 5.56 Å². The van der Waals surface area contributed by atoms with Crippen LogP contribution >= 0.6 is 11.6 Å². The van der Waals surface area contributed by atoms with Crippen LogP contribution in [0.3, 0.4) is 0 Å². The van der Waals surface area contributed by atoms with Crippen molar-refractivity contribution >= 4 is 11.6 Å². The Kier molecular flexibility index (Phi) is 2.91. The fraction of sp³-hybridized carbons (Fsp3) is 0.400. The average Bonchev–Trinajstić information content (AvgIpc) is 2.07. The zero-order valence-corrected chi connectivity index (χ0v) is 8.54. The minimum absolute atomic E-state index is 0.00352. The van der Waals surface area contributed by atoms with Crippen LogP contribution in [0, 0.1) is 18.6 Å². The SMILES string of the molecule is Cc1c(F)c(Cl)cc(C(C)C)c1F. The van der Waals surface area contributed by atoms with Crippen molar-refractivity contribution < 1.29 is 8.78 Å². The minimum Gasteiger partial charge on any atom is -0.206 e. The summed E-state index contributed by atoms with van der Waals surface area (Å²) in [5, 5.41) is -0.0115. The molecular formula is C10H11ClF2. The Labute approximate surface area is 81.5 Å². The second kappa shape index (κ2) is 3.62. The van der Waals surface area contributed by atoms with Gasteiger partial charge in [0.2, 0.25) is 0 Å². The monoisotopic (exact) mass is 204 g/mol. The molecule has 0 radical (unpaired) electrons. The van der Waals surface area contributed by atoms with Crippen LogP contribution in [0.25, 0.3) is 0 Å². The van der Waals surface area contributed by atoms with Crippen LogP contribution < -0.4 is 0 Å². The zero-order valence-electron chi connectivity index (χ0n) is 7.79. The highest BCUT2D eigenvalue weighted by Crippen LogP contribution is 2.28. The second-order valence-corrected chi connectivity index (χ2v) is 3.76. The van der Waals surface area contributed by atoms with Gasteiger partial charge in [0, 0.05) is 5.56 Å². The third-order valence-corrected chi connectivity index (χ3v) is 2.30. The smallest absolute Gasteiger partial charge is 0.147 e. The summed E-state index contributed by atoms with van der Waals surface area (Å²) >= 11 is 5.59. The first-order valence-electron chi connectivity index (χ1n) is 4.09. The van der Waals surface area contributed by atoms with Crippen LogP contribution in [0.4, 0.5) is 8.78 Å². The lowest BCUT2D eigenvalue weighted by atomic mass is 10.00. The van der Waals surface area contributed by atoms with Gasteiger partial charge in [-0.15, -0.1) is 0 Å². The van der Waals surface area contributed by atoms with Gasteiger partial charge in [-0.05, 0) is 24.5 Å². The van der Waals surface area contributed by atoms with E-state index in [1.807, 2.05) is 13.8 Å². The van der Waals surface area contributed by atoms with E-state index >= 15 is 0 Å². The fourth-order valence-electron chi connectivity index (χ4n) is 1.18. The van der Waals surface area contributed by atoms with Crippen molar-refractivity contribution in [3.05, 3.63) is 33.9 Å². The molecule has 0 nitrogen and oxygen atoms in total. The van der Waals surface area contributed by atoms with Gasteiger partial charge in [-0.25, -0.2) is 8.78 Å². The maximum absolute atomic E-state index is 13.4. The first-order chi connectivity index (χ1) is 5.95. The van der Waals surface area contributed by atoms with Crippen molar-refractivity contribution in [1.29, 1.82) is 0 Å². The molecule has 0 aliphatic rings. The third kappa shape index (κ3) is 1.83. The maximum atomic E-state index is 13.4. The summed E-state index contributed by atoms with van der Waals surface area (Å²) in [5.74, 6) is -1.14. The number of rotatable bonds is 1. The van der Waals surface area contributed by atoms with Crippen molar-refractivity contribution in [2.75, 3.05) is 0 Å². The van der Waals surface area contributed by atoms with Crippen molar-refractivity contribution in [2.24, 2.45) is 0 Å². The van der Waals surface area contributed by atoms with Crippen molar-refractivity contribution in [3.63, 3.8) is 0 Å². The van der Waals surface area contributed by atoms with E-state index in [1.165, 1.54) is 13.0 Å². The normalized spacial score (nSPS) is 11.0. The van der Waals surface area contributed by atoms with Gasteiger partial charge < -0.3 is 0 Å². The predicted octanol–water partition coefficient (Wildman–Crippen LogP) is 4.05. The molecule has 0 spiro atoms. The second-order valence-electron chi connectivity index (χ2n) is 3.36.